The van der Waals surface area contributed by atoms with Gasteiger partial charge in [-0.3, -0.25) is 9.59 Å². The van der Waals surface area contributed by atoms with E-state index < -0.39 is 17.8 Å². The molecule has 1 fully saturated rings. The number of hydrogen-bond donors (Lipinski definition) is 1. The summed E-state index contributed by atoms with van der Waals surface area (Å²) in [7, 11) is 0. The van der Waals surface area contributed by atoms with E-state index in [0.717, 1.165) is 25.7 Å². The summed E-state index contributed by atoms with van der Waals surface area (Å²) in [5, 5.41) is 8.79. The van der Waals surface area contributed by atoms with Gasteiger partial charge in [-0.25, -0.2) is 0 Å². The van der Waals surface area contributed by atoms with Gasteiger partial charge in [0.25, 0.3) is 0 Å². The highest BCUT2D eigenvalue weighted by molar-refractivity contribution is 5.82. The van der Waals surface area contributed by atoms with Crippen molar-refractivity contribution in [1.29, 1.82) is 0 Å². The molecule has 2 atom stereocenters. The van der Waals surface area contributed by atoms with Gasteiger partial charge >= 0.3 is 11.9 Å². The highest BCUT2D eigenvalue weighted by atomic mass is 16.5. The minimum atomic E-state index is -0.876. The topological polar surface area (TPSA) is 63.6 Å². The normalized spacial score (nSPS) is 23.6. The van der Waals surface area contributed by atoms with E-state index in [0.29, 0.717) is 19.4 Å². The lowest BCUT2D eigenvalue weighted by atomic mass is 9.74. The number of esters is 1. The van der Waals surface area contributed by atoms with Crippen molar-refractivity contribution in [3.05, 3.63) is 0 Å². The number of carbonyl (C=O) groups excluding carboxylic acids is 1. The van der Waals surface area contributed by atoms with Gasteiger partial charge in [0.2, 0.25) is 0 Å². The molecule has 0 amide bonds. The lowest BCUT2D eigenvalue weighted by Gasteiger charge is -2.31. The molecule has 0 spiro atoms. The van der Waals surface area contributed by atoms with Crippen molar-refractivity contribution in [1.82, 2.24) is 0 Å². The summed E-state index contributed by atoms with van der Waals surface area (Å²) in [6, 6.07) is 0. The molecule has 1 rings (SSSR count). The van der Waals surface area contributed by atoms with E-state index in [9.17, 15) is 9.59 Å². The van der Waals surface area contributed by atoms with Gasteiger partial charge in [0.15, 0.2) is 0 Å². The molecular weight excluding hydrogens is 208 g/mol. The first kappa shape index (κ1) is 13.0. The maximum atomic E-state index is 11.5. The quantitative estimate of drug-likeness (QED) is 0.536. The van der Waals surface area contributed by atoms with E-state index in [1.807, 2.05) is 0 Å². The van der Waals surface area contributed by atoms with E-state index >= 15 is 0 Å². The molecule has 4 heteroatoms. The zero-order chi connectivity index (χ0) is 12.0. The molecule has 4 nitrogen and oxygen atoms in total. The van der Waals surface area contributed by atoms with Crippen LogP contribution in [0.3, 0.4) is 0 Å². The van der Waals surface area contributed by atoms with Crippen LogP contribution in [0.5, 0.6) is 0 Å². The molecular formula is C12H20O4. The molecule has 1 aliphatic rings. The fraction of sp³-hybridized carbons (Fsp3) is 0.833. The molecule has 1 saturated carbocycles. The Morgan fingerprint density at radius 3 is 2.38 bits per heavy atom. The third-order valence-electron chi connectivity index (χ3n) is 3.14. The Kier molecular flexibility index (Phi) is 5.29. The summed E-state index contributed by atoms with van der Waals surface area (Å²) in [6.45, 7) is 2.56. The number of rotatable bonds is 7. The second kappa shape index (κ2) is 6.51. The van der Waals surface area contributed by atoms with Crippen LogP contribution in [0.2, 0.25) is 0 Å². The molecule has 2 unspecified atom stereocenters. The SMILES string of the molecule is CCCCCCOC(=O)C1CCC1C(=O)O. The maximum absolute atomic E-state index is 11.5. The molecule has 16 heavy (non-hydrogen) atoms. The molecule has 0 aromatic carbocycles. The average Bonchev–Trinajstić information content (AvgIpc) is 2.14. The molecule has 0 aliphatic heterocycles. The third kappa shape index (κ3) is 3.51. The number of carboxylic acids is 1. The Labute approximate surface area is 96.0 Å². The van der Waals surface area contributed by atoms with Crippen molar-refractivity contribution in [3.8, 4) is 0 Å². The minimum Gasteiger partial charge on any atom is -0.481 e. The maximum Gasteiger partial charge on any atom is 0.309 e. The predicted octanol–water partition coefficient (Wildman–Crippen LogP) is 2.22. The van der Waals surface area contributed by atoms with Crippen molar-refractivity contribution in [2.75, 3.05) is 6.61 Å². The van der Waals surface area contributed by atoms with Gasteiger partial charge in [0, 0.05) is 0 Å². The van der Waals surface area contributed by atoms with Gasteiger partial charge in [0.05, 0.1) is 18.4 Å². The average molecular weight is 228 g/mol. The molecule has 0 bridgehead atoms. The first-order valence-corrected chi connectivity index (χ1v) is 6.06. The van der Waals surface area contributed by atoms with Crippen molar-refractivity contribution in [3.63, 3.8) is 0 Å². The van der Waals surface area contributed by atoms with Gasteiger partial charge in [-0.1, -0.05) is 26.2 Å². The molecule has 1 N–H and O–H groups in total. The van der Waals surface area contributed by atoms with Crippen molar-refractivity contribution >= 4 is 11.9 Å². The Balaban J connectivity index is 2.13. The summed E-state index contributed by atoms with van der Waals surface area (Å²) >= 11 is 0. The summed E-state index contributed by atoms with van der Waals surface area (Å²) in [5.41, 5.74) is 0. The fourth-order valence-corrected chi connectivity index (χ4v) is 1.89. The fourth-order valence-electron chi connectivity index (χ4n) is 1.89. The second-order valence-corrected chi connectivity index (χ2v) is 4.36. The van der Waals surface area contributed by atoms with E-state index in [4.69, 9.17) is 9.84 Å². The van der Waals surface area contributed by atoms with E-state index in [-0.39, 0.29) is 5.97 Å². The van der Waals surface area contributed by atoms with Crippen LogP contribution in [0, 0.1) is 11.8 Å². The lowest BCUT2D eigenvalue weighted by Crippen LogP contribution is -2.39. The molecule has 0 aromatic heterocycles. The number of ether oxygens (including phenoxy) is 1. The van der Waals surface area contributed by atoms with Crippen molar-refractivity contribution in [2.45, 2.75) is 45.4 Å². The Morgan fingerprint density at radius 1 is 1.19 bits per heavy atom. The number of hydrogen-bond acceptors (Lipinski definition) is 3. The van der Waals surface area contributed by atoms with Crippen molar-refractivity contribution in [2.24, 2.45) is 11.8 Å². The van der Waals surface area contributed by atoms with Crippen LogP contribution in [0.15, 0.2) is 0 Å². The Morgan fingerprint density at radius 2 is 1.88 bits per heavy atom. The highest BCUT2D eigenvalue weighted by Gasteiger charge is 2.42. The molecule has 92 valence electrons. The summed E-state index contributed by atoms with van der Waals surface area (Å²) in [4.78, 5) is 22.2. The Hall–Kier alpha value is -1.06. The molecule has 0 radical (unpaired) electrons. The van der Waals surface area contributed by atoms with Crippen LogP contribution in [0.4, 0.5) is 0 Å². The number of carboxylic acid groups (broad SMARTS) is 1. The standard InChI is InChI=1S/C12H20O4/c1-2-3-4-5-8-16-12(15)10-7-6-9(10)11(13)14/h9-10H,2-8H2,1H3,(H,13,14). The van der Waals surface area contributed by atoms with Crippen LogP contribution in [-0.4, -0.2) is 23.7 Å². The summed E-state index contributed by atoms with van der Waals surface area (Å²) in [5.74, 6) is -2.11. The Bertz CT molecular complexity index is 249. The van der Waals surface area contributed by atoms with Gasteiger partial charge in [0.1, 0.15) is 0 Å². The number of carbonyl (C=O) groups is 2. The molecule has 1 aliphatic carbocycles. The lowest BCUT2D eigenvalue weighted by molar-refractivity contribution is -0.164. The molecule has 0 saturated heterocycles. The van der Waals surface area contributed by atoms with Gasteiger partial charge in [-0.05, 0) is 19.3 Å². The van der Waals surface area contributed by atoms with E-state index in [1.54, 1.807) is 0 Å². The van der Waals surface area contributed by atoms with Crippen LogP contribution < -0.4 is 0 Å². The summed E-state index contributed by atoms with van der Waals surface area (Å²) in [6.07, 6.45) is 5.51. The van der Waals surface area contributed by atoms with E-state index in [1.165, 1.54) is 0 Å². The van der Waals surface area contributed by atoms with Crippen LogP contribution >= 0.6 is 0 Å². The van der Waals surface area contributed by atoms with Gasteiger partial charge in [-0.2, -0.15) is 0 Å². The zero-order valence-electron chi connectivity index (χ0n) is 9.78. The van der Waals surface area contributed by atoms with E-state index in [2.05, 4.69) is 6.92 Å². The summed E-state index contributed by atoms with van der Waals surface area (Å²) < 4.78 is 5.07. The number of unbranched alkanes of at least 4 members (excludes halogenated alkanes) is 3. The number of aliphatic carboxylic acids is 1. The van der Waals surface area contributed by atoms with Crippen LogP contribution in [0.25, 0.3) is 0 Å². The first-order chi connectivity index (χ1) is 7.66. The first-order valence-electron chi connectivity index (χ1n) is 6.06. The zero-order valence-corrected chi connectivity index (χ0v) is 9.78. The minimum absolute atomic E-state index is 0.324. The highest BCUT2D eigenvalue weighted by Crippen LogP contribution is 2.35. The van der Waals surface area contributed by atoms with Crippen LogP contribution in [-0.2, 0) is 14.3 Å². The van der Waals surface area contributed by atoms with Gasteiger partial charge < -0.3 is 9.84 Å². The van der Waals surface area contributed by atoms with Crippen molar-refractivity contribution < 1.29 is 19.4 Å². The second-order valence-electron chi connectivity index (χ2n) is 4.36. The van der Waals surface area contributed by atoms with Crippen LogP contribution in [0.1, 0.15) is 45.4 Å². The predicted molar refractivity (Wildman–Crippen MR) is 59.0 cm³/mol. The monoisotopic (exact) mass is 228 g/mol. The third-order valence-corrected chi connectivity index (χ3v) is 3.14. The largest absolute Gasteiger partial charge is 0.481 e. The molecule has 0 aromatic rings. The molecule has 0 heterocycles. The van der Waals surface area contributed by atoms with Gasteiger partial charge in [-0.15, -0.1) is 0 Å². The smallest absolute Gasteiger partial charge is 0.309 e.